The average molecular weight is 948 g/mol. The van der Waals surface area contributed by atoms with Gasteiger partial charge in [-0.15, -0.1) is 54.1 Å². The summed E-state index contributed by atoms with van der Waals surface area (Å²) in [6.07, 6.45) is 2.02. The van der Waals surface area contributed by atoms with Crippen molar-refractivity contribution in [1.29, 1.82) is 0 Å². The maximum absolute atomic E-state index is 15.8. The number of hydrogen-bond acceptors (Lipinski definition) is 3. The molecule has 0 unspecified atom stereocenters. The van der Waals surface area contributed by atoms with E-state index in [0.29, 0.717) is 28.0 Å². The fraction of sp³-hybridized carbons (Fsp3) is 0.0588. The maximum atomic E-state index is 15.8. The van der Waals surface area contributed by atoms with Gasteiger partial charge in [-0.3, -0.25) is 4.98 Å². The van der Waals surface area contributed by atoms with Crippen molar-refractivity contribution in [1.82, 2.24) is 14.5 Å². The molecule has 0 N–H and O–H groups in total. The van der Waals surface area contributed by atoms with Crippen LogP contribution in [0.25, 0.3) is 83.6 Å². The summed E-state index contributed by atoms with van der Waals surface area (Å²) in [5, 5.41) is 3.38. The molecule has 3 aromatic heterocycles. The second-order valence-electron chi connectivity index (χ2n) is 15.0. The number of nitrogens with zero attached hydrogens (tertiary/aromatic N) is 3. The van der Waals surface area contributed by atoms with Crippen LogP contribution < -0.4 is 5.19 Å². The smallest absolute Gasteiger partial charge is 0.148 e. The fourth-order valence-electron chi connectivity index (χ4n) is 7.28. The van der Waals surface area contributed by atoms with Gasteiger partial charge in [0.15, 0.2) is 0 Å². The van der Waals surface area contributed by atoms with Crippen LogP contribution in [0.5, 0.6) is 0 Å². The van der Waals surface area contributed by atoms with Crippen LogP contribution in [0, 0.1) is 17.9 Å². The van der Waals surface area contributed by atoms with E-state index in [9.17, 15) is 0 Å². The topological polar surface area (TPSA) is 43.9 Å². The monoisotopic (exact) mass is 948 g/mol. The van der Waals surface area contributed by atoms with Gasteiger partial charge < -0.3 is 14.0 Å². The van der Waals surface area contributed by atoms with Crippen molar-refractivity contribution in [2.45, 2.75) is 19.6 Å². The molecule has 0 spiro atoms. The van der Waals surface area contributed by atoms with Crippen molar-refractivity contribution < 1.29 is 28.9 Å². The molecule has 0 aliphatic carbocycles. The van der Waals surface area contributed by atoms with Crippen molar-refractivity contribution in [3.63, 3.8) is 0 Å². The van der Waals surface area contributed by atoms with E-state index in [0.717, 1.165) is 55.6 Å². The van der Waals surface area contributed by atoms with Crippen LogP contribution in [0.3, 0.4) is 0 Å². The third kappa shape index (κ3) is 7.48. The van der Waals surface area contributed by atoms with Crippen molar-refractivity contribution in [2.75, 3.05) is 0 Å². The summed E-state index contributed by atoms with van der Waals surface area (Å²) in [6, 6.07) is 62.4. The molecule has 0 aliphatic rings. The summed E-state index contributed by atoms with van der Waals surface area (Å²) in [7, 11) is -1.23. The quantitative estimate of drug-likeness (QED) is 0.123. The first-order valence-electron chi connectivity index (χ1n) is 19.0. The molecule has 7 heteroatoms. The third-order valence-electron chi connectivity index (χ3n) is 10.2. The number of benzene rings is 7. The van der Waals surface area contributed by atoms with Crippen LogP contribution in [0.1, 0.15) is 0 Å². The minimum absolute atomic E-state index is 0. The molecule has 4 nitrogen and oxygen atoms in total. The van der Waals surface area contributed by atoms with Gasteiger partial charge in [-0.2, -0.15) is 0 Å². The summed E-state index contributed by atoms with van der Waals surface area (Å²) in [4.78, 5) is 9.53. The Morgan fingerprint density at radius 1 is 0.638 bits per heavy atom. The van der Waals surface area contributed by atoms with E-state index < -0.39 is 8.07 Å². The minimum atomic E-state index is -1.23. The van der Waals surface area contributed by atoms with Gasteiger partial charge in [0.2, 0.25) is 0 Å². The molecule has 0 aliphatic heterocycles. The molecular formula is C51H38FIrN3OSi-2. The number of imidazole rings is 1. The second-order valence-corrected chi connectivity index (χ2v) is 20.1. The number of rotatable bonds is 6. The Bertz CT molecular complexity index is 2990. The van der Waals surface area contributed by atoms with Crippen molar-refractivity contribution >= 4 is 46.2 Å². The van der Waals surface area contributed by atoms with Crippen molar-refractivity contribution in [3.8, 4) is 50.6 Å². The Labute approximate surface area is 352 Å². The number of hydrogen-bond donors (Lipinski definition) is 0. The number of furan rings is 1. The fourth-order valence-corrected chi connectivity index (χ4v) is 8.32. The maximum Gasteiger partial charge on any atom is 0.148 e. The van der Waals surface area contributed by atoms with Gasteiger partial charge in [0.05, 0.1) is 30.5 Å². The molecule has 285 valence electrons. The Balaban J connectivity index is 0.000000233. The first kappa shape index (κ1) is 38.6. The zero-order chi connectivity index (χ0) is 38.9. The molecule has 0 fully saturated rings. The molecule has 0 saturated heterocycles. The number of aromatic nitrogens is 3. The van der Waals surface area contributed by atoms with Crippen LogP contribution in [0.4, 0.5) is 4.39 Å². The van der Waals surface area contributed by atoms with Gasteiger partial charge in [0.25, 0.3) is 0 Å². The van der Waals surface area contributed by atoms with Crippen LogP contribution in [0.2, 0.25) is 19.6 Å². The number of fused-ring (bicyclic) bond motifs is 4. The standard InChI is InChI=1S/C37H22FN2O.C14H16NSi.Ir/c38-31-18-10-19-32-35(31)40(37(39-32)30-17-9-16-29-28-15-7-8-20-34(28)41-36(29)30)33-23-26(24-11-3-1-4-12-24)21-22-27(33)25-13-5-2-6-14-25;1-16(2,3)13-9-10-14(15-11-13)12-7-5-4-6-8-12;/h1-16,18-23H;4-7,9-11H,1-3H3;/q2*-1;. The zero-order valence-corrected chi connectivity index (χ0v) is 35.6. The molecule has 3 heterocycles. The van der Waals surface area contributed by atoms with E-state index in [4.69, 9.17) is 9.40 Å². The van der Waals surface area contributed by atoms with E-state index >= 15 is 4.39 Å². The predicted molar refractivity (Wildman–Crippen MR) is 235 cm³/mol. The third-order valence-corrected chi connectivity index (χ3v) is 12.3. The van der Waals surface area contributed by atoms with Gasteiger partial charge in [-0.25, -0.2) is 4.39 Å². The van der Waals surface area contributed by atoms with E-state index in [1.54, 1.807) is 6.07 Å². The summed E-state index contributed by atoms with van der Waals surface area (Å²) < 4.78 is 24.1. The molecule has 0 atom stereocenters. The largest absolute Gasteiger partial charge is 0.501 e. The molecule has 0 saturated carbocycles. The average Bonchev–Trinajstić information content (AvgIpc) is 3.84. The molecule has 1 radical (unpaired) electrons. The Hall–Kier alpha value is -6.24. The Morgan fingerprint density at radius 2 is 1.38 bits per heavy atom. The first-order valence-corrected chi connectivity index (χ1v) is 22.5. The van der Waals surface area contributed by atoms with Crippen LogP contribution in [0.15, 0.2) is 180 Å². The van der Waals surface area contributed by atoms with E-state index in [2.05, 4.69) is 91.4 Å². The minimum Gasteiger partial charge on any atom is -0.501 e. The van der Waals surface area contributed by atoms with Gasteiger partial charge in [0.1, 0.15) is 11.4 Å². The predicted octanol–water partition coefficient (Wildman–Crippen LogP) is 13.0. The van der Waals surface area contributed by atoms with Crippen LogP contribution >= 0.6 is 0 Å². The van der Waals surface area contributed by atoms with Crippen molar-refractivity contribution in [3.05, 3.63) is 194 Å². The van der Waals surface area contributed by atoms with Gasteiger partial charge in [-0.05, 0) is 51.8 Å². The first-order chi connectivity index (χ1) is 27.8. The van der Waals surface area contributed by atoms with Gasteiger partial charge >= 0.3 is 0 Å². The SMILES string of the molecule is C[Si](C)(C)c1ccc(-c2[c-]cccc2)nc1.Fc1cccc2nc(-c3[c-]ccc4c3oc3ccccc34)n(-c3cc(-c4ccccc4)ccc3-c3ccccc3)c12.[Ir]. The molecular weight excluding hydrogens is 910 g/mol. The Kier molecular flexibility index (Phi) is 10.9. The number of para-hydroxylation sites is 2. The molecule has 7 aromatic carbocycles. The Morgan fingerprint density at radius 3 is 2.10 bits per heavy atom. The molecule has 10 rings (SSSR count). The second kappa shape index (κ2) is 16.3. The van der Waals surface area contributed by atoms with E-state index in [1.807, 2.05) is 114 Å². The number of halogens is 1. The van der Waals surface area contributed by atoms with Gasteiger partial charge in [-0.1, -0.05) is 140 Å². The summed E-state index contributed by atoms with van der Waals surface area (Å²) in [6.45, 7) is 7.00. The summed E-state index contributed by atoms with van der Waals surface area (Å²) in [5.41, 5.74) is 10.1. The summed E-state index contributed by atoms with van der Waals surface area (Å²) >= 11 is 0. The molecule has 0 bridgehead atoms. The molecule has 10 aromatic rings. The zero-order valence-electron chi connectivity index (χ0n) is 32.2. The number of pyridine rings is 1. The molecule has 0 amide bonds. The normalized spacial score (nSPS) is 11.3. The van der Waals surface area contributed by atoms with E-state index in [1.165, 1.54) is 11.3 Å². The molecule has 58 heavy (non-hydrogen) atoms. The van der Waals surface area contributed by atoms with Gasteiger partial charge in [0, 0.05) is 42.9 Å². The van der Waals surface area contributed by atoms with Crippen molar-refractivity contribution in [2.24, 2.45) is 0 Å². The summed E-state index contributed by atoms with van der Waals surface area (Å²) in [5.74, 6) is 0.222. The van der Waals surface area contributed by atoms with E-state index in [-0.39, 0.29) is 25.9 Å². The van der Waals surface area contributed by atoms with Crippen LogP contribution in [-0.4, -0.2) is 22.6 Å². The van der Waals surface area contributed by atoms with Crippen LogP contribution in [-0.2, 0) is 20.1 Å².